The van der Waals surface area contributed by atoms with E-state index in [9.17, 15) is 4.79 Å². The van der Waals surface area contributed by atoms with Crippen molar-refractivity contribution >= 4 is 35.1 Å². The van der Waals surface area contributed by atoms with Gasteiger partial charge in [0.1, 0.15) is 0 Å². The van der Waals surface area contributed by atoms with Crippen molar-refractivity contribution in [1.29, 1.82) is 0 Å². The lowest BCUT2D eigenvalue weighted by Crippen LogP contribution is -2.13. The van der Waals surface area contributed by atoms with Crippen LogP contribution in [0, 0.1) is 0 Å². The number of halogens is 2. The first-order valence-corrected chi connectivity index (χ1v) is 7.11. The minimum atomic E-state index is -0.279. The Balaban J connectivity index is 1.88. The van der Waals surface area contributed by atoms with Gasteiger partial charge in [-0.15, -0.1) is 0 Å². The number of carbonyl (C=O) groups is 1. The van der Waals surface area contributed by atoms with Gasteiger partial charge in [0.05, 0.1) is 15.7 Å². The first-order chi connectivity index (χ1) is 10.6. The highest BCUT2D eigenvalue weighted by atomic mass is 35.5. The number of amides is 1. The molecular formula is C15H10Cl2N4O. The third-order valence-corrected chi connectivity index (χ3v) is 3.71. The molecule has 0 aliphatic carbocycles. The summed E-state index contributed by atoms with van der Waals surface area (Å²) in [6.07, 6.45) is 4.75. The van der Waals surface area contributed by atoms with E-state index in [1.165, 1.54) is 0 Å². The Morgan fingerprint density at radius 1 is 1.05 bits per heavy atom. The normalized spacial score (nSPS) is 10.5. The van der Waals surface area contributed by atoms with Crippen molar-refractivity contribution in [1.82, 2.24) is 15.0 Å². The molecule has 110 valence electrons. The first kappa shape index (κ1) is 14.6. The van der Waals surface area contributed by atoms with Crippen LogP contribution < -0.4 is 5.32 Å². The molecule has 2 N–H and O–H groups in total. The topological polar surface area (TPSA) is 70.7 Å². The molecule has 7 heteroatoms. The van der Waals surface area contributed by atoms with Gasteiger partial charge in [-0.05, 0) is 24.3 Å². The summed E-state index contributed by atoms with van der Waals surface area (Å²) in [6, 6.07) is 8.50. The van der Waals surface area contributed by atoms with E-state index >= 15 is 0 Å². The molecule has 0 radical (unpaired) electrons. The number of nitrogens with zero attached hydrogens (tertiary/aromatic N) is 2. The van der Waals surface area contributed by atoms with Gasteiger partial charge in [0.15, 0.2) is 0 Å². The van der Waals surface area contributed by atoms with E-state index in [1.54, 1.807) is 48.9 Å². The summed E-state index contributed by atoms with van der Waals surface area (Å²) in [5, 5.41) is 3.56. The number of nitrogens with one attached hydrogen (secondary N) is 2. The number of pyridine rings is 1. The number of benzene rings is 1. The largest absolute Gasteiger partial charge is 0.331 e. The molecule has 0 saturated heterocycles. The van der Waals surface area contributed by atoms with Crippen LogP contribution in [-0.2, 0) is 0 Å². The molecule has 1 aromatic carbocycles. The zero-order valence-corrected chi connectivity index (χ0v) is 12.7. The predicted octanol–water partition coefficient (Wildman–Crippen LogP) is 4.03. The molecule has 0 spiro atoms. The third-order valence-electron chi connectivity index (χ3n) is 2.97. The second-order valence-corrected chi connectivity index (χ2v) is 5.26. The molecule has 0 atom stereocenters. The van der Waals surface area contributed by atoms with E-state index in [2.05, 4.69) is 20.3 Å². The molecule has 0 saturated carbocycles. The highest BCUT2D eigenvalue weighted by molar-refractivity contribution is 6.42. The maximum absolute atomic E-state index is 12.2. The Hall–Kier alpha value is -2.37. The van der Waals surface area contributed by atoms with Crippen LogP contribution in [0.2, 0.25) is 10.0 Å². The quantitative estimate of drug-likeness (QED) is 0.760. The van der Waals surface area contributed by atoms with Gasteiger partial charge in [0.25, 0.3) is 5.91 Å². The molecular weight excluding hydrogens is 323 g/mol. The highest BCUT2D eigenvalue weighted by Crippen LogP contribution is 2.27. The summed E-state index contributed by atoms with van der Waals surface area (Å²) in [6.45, 7) is 0. The van der Waals surface area contributed by atoms with E-state index in [1.807, 2.05) is 0 Å². The lowest BCUT2D eigenvalue weighted by molar-refractivity contribution is 0.102. The average molecular weight is 333 g/mol. The lowest BCUT2D eigenvalue weighted by Gasteiger charge is -2.06. The standard InChI is InChI=1S/C15H10Cl2N4O/c16-11-2-1-9(7-12(11)17)13-8-10(3-4-18-13)14(22)21-15-19-5-6-20-15/h1-8H,(H2,19,20,21,22). The summed E-state index contributed by atoms with van der Waals surface area (Å²) in [5.41, 5.74) is 1.88. The summed E-state index contributed by atoms with van der Waals surface area (Å²) in [7, 11) is 0. The maximum Gasteiger partial charge on any atom is 0.258 e. The van der Waals surface area contributed by atoms with Gasteiger partial charge in [-0.1, -0.05) is 29.3 Å². The molecule has 2 aromatic heterocycles. The van der Waals surface area contributed by atoms with Crippen molar-refractivity contribution in [2.45, 2.75) is 0 Å². The molecule has 2 heterocycles. The van der Waals surface area contributed by atoms with Crippen LogP contribution in [0.1, 0.15) is 10.4 Å². The fraction of sp³-hybridized carbons (Fsp3) is 0. The van der Waals surface area contributed by atoms with E-state index < -0.39 is 0 Å². The summed E-state index contributed by atoms with van der Waals surface area (Å²) < 4.78 is 0. The number of imidazole rings is 1. The molecule has 22 heavy (non-hydrogen) atoms. The lowest BCUT2D eigenvalue weighted by atomic mass is 10.1. The van der Waals surface area contributed by atoms with Crippen LogP contribution in [0.5, 0.6) is 0 Å². The van der Waals surface area contributed by atoms with Crippen LogP contribution in [-0.4, -0.2) is 20.9 Å². The number of aromatic amines is 1. The summed E-state index contributed by atoms with van der Waals surface area (Å²) in [5.74, 6) is 0.108. The molecule has 5 nitrogen and oxygen atoms in total. The highest BCUT2D eigenvalue weighted by Gasteiger charge is 2.10. The van der Waals surface area contributed by atoms with E-state index in [4.69, 9.17) is 23.2 Å². The molecule has 1 amide bonds. The molecule has 0 aliphatic heterocycles. The summed E-state index contributed by atoms with van der Waals surface area (Å²) in [4.78, 5) is 23.2. The molecule has 0 unspecified atom stereocenters. The van der Waals surface area contributed by atoms with Gasteiger partial charge < -0.3 is 4.98 Å². The number of rotatable bonds is 3. The third kappa shape index (κ3) is 3.10. The Morgan fingerprint density at radius 3 is 2.64 bits per heavy atom. The van der Waals surface area contributed by atoms with Crippen LogP contribution in [0.25, 0.3) is 11.3 Å². The van der Waals surface area contributed by atoms with E-state index in [0.29, 0.717) is 27.3 Å². The number of H-pyrrole nitrogens is 1. The van der Waals surface area contributed by atoms with Crippen LogP contribution in [0.3, 0.4) is 0 Å². The molecule has 3 aromatic rings. The van der Waals surface area contributed by atoms with E-state index in [-0.39, 0.29) is 5.91 Å². The smallest absolute Gasteiger partial charge is 0.258 e. The minimum absolute atomic E-state index is 0.279. The average Bonchev–Trinajstić information content (AvgIpc) is 3.03. The fourth-order valence-corrected chi connectivity index (χ4v) is 2.20. The number of aromatic nitrogens is 3. The molecule has 3 rings (SSSR count). The molecule has 0 aliphatic rings. The monoisotopic (exact) mass is 332 g/mol. The molecule has 0 bridgehead atoms. The van der Waals surface area contributed by atoms with Crippen LogP contribution in [0.15, 0.2) is 48.9 Å². The van der Waals surface area contributed by atoms with Crippen molar-refractivity contribution in [3.05, 3.63) is 64.5 Å². The Kier molecular flexibility index (Phi) is 4.09. The van der Waals surface area contributed by atoms with Gasteiger partial charge in [0, 0.05) is 29.7 Å². The minimum Gasteiger partial charge on any atom is -0.331 e. The number of anilines is 1. The van der Waals surface area contributed by atoms with Gasteiger partial charge in [-0.3, -0.25) is 15.1 Å². The van der Waals surface area contributed by atoms with Crippen LogP contribution >= 0.6 is 23.2 Å². The number of hydrogen-bond acceptors (Lipinski definition) is 3. The maximum atomic E-state index is 12.2. The van der Waals surface area contributed by atoms with Crippen molar-refractivity contribution in [2.75, 3.05) is 5.32 Å². The Labute approximate surface area is 136 Å². The van der Waals surface area contributed by atoms with Crippen molar-refractivity contribution in [3.8, 4) is 11.3 Å². The van der Waals surface area contributed by atoms with Gasteiger partial charge >= 0.3 is 0 Å². The first-order valence-electron chi connectivity index (χ1n) is 6.36. The van der Waals surface area contributed by atoms with Gasteiger partial charge in [-0.2, -0.15) is 0 Å². The Morgan fingerprint density at radius 2 is 1.91 bits per heavy atom. The SMILES string of the molecule is O=C(Nc1ncc[nH]1)c1ccnc(-c2ccc(Cl)c(Cl)c2)c1. The Bertz CT molecular complexity index is 818. The van der Waals surface area contributed by atoms with Gasteiger partial charge in [-0.25, -0.2) is 4.98 Å². The number of hydrogen-bond donors (Lipinski definition) is 2. The fourth-order valence-electron chi connectivity index (χ4n) is 1.90. The van der Waals surface area contributed by atoms with Crippen molar-refractivity contribution in [3.63, 3.8) is 0 Å². The molecule has 0 fully saturated rings. The van der Waals surface area contributed by atoms with Gasteiger partial charge in [0.2, 0.25) is 5.95 Å². The predicted molar refractivity (Wildman–Crippen MR) is 86.2 cm³/mol. The van der Waals surface area contributed by atoms with Crippen molar-refractivity contribution < 1.29 is 4.79 Å². The summed E-state index contributed by atoms with van der Waals surface area (Å²) >= 11 is 11.9. The van der Waals surface area contributed by atoms with Crippen LogP contribution in [0.4, 0.5) is 5.95 Å². The second kappa shape index (κ2) is 6.17. The van der Waals surface area contributed by atoms with Crippen molar-refractivity contribution in [2.24, 2.45) is 0 Å². The van der Waals surface area contributed by atoms with E-state index in [0.717, 1.165) is 5.56 Å². The zero-order chi connectivity index (χ0) is 15.5. The second-order valence-electron chi connectivity index (χ2n) is 4.45. The number of carbonyl (C=O) groups excluding carboxylic acids is 1. The zero-order valence-electron chi connectivity index (χ0n) is 11.2.